The Labute approximate surface area is 109 Å². The molecule has 0 atom stereocenters. The van der Waals surface area contributed by atoms with Gasteiger partial charge < -0.3 is 4.74 Å². The van der Waals surface area contributed by atoms with E-state index < -0.39 is 23.3 Å². The van der Waals surface area contributed by atoms with E-state index in [4.69, 9.17) is 5.26 Å². The third-order valence-corrected chi connectivity index (χ3v) is 2.86. The Hall–Kier alpha value is -1.55. The molecule has 96 valence electrons. The van der Waals surface area contributed by atoms with Crippen molar-refractivity contribution in [2.75, 3.05) is 7.11 Å². The number of nitriles is 1. The van der Waals surface area contributed by atoms with Crippen LogP contribution in [0.1, 0.15) is 16.7 Å². The minimum Gasteiger partial charge on any atom is -0.469 e. The minimum atomic E-state index is -4.67. The van der Waals surface area contributed by atoms with Gasteiger partial charge >= 0.3 is 12.1 Å². The highest BCUT2D eigenvalue weighted by atomic mass is 79.9. The van der Waals surface area contributed by atoms with Crippen LogP contribution in [0.5, 0.6) is 0 Å². The Morgan fingerprint density at radius 3 is 2.56 bits per heavy atom. The number of esters is 1. The molecule has 0 radical (unpaired) electrons. The van der Waals surface area contributed by atoms with Crippen LogP contribution in [0.4, 0.5) is 13.2 Å². The van der Waals surface area contributed by atoms with E-state index in [1.807, 2.05) is 0 Å². The Balaban J connectivity index is 3.40. The van der Waals surface area contributed by atoms with E-state index >= 15 is 0 Å². The van der Waals surface area contributed by atoms with Crippen LogP contribution >= 0.6 is 15.9 Å². The molecule has 1 aromatic carbocycles. The second-order valence-electron chi connectivity index (χ2n) is 3.32. The Kier molecular flexibility index (Phi) is 4.35. The largest absolute Gasteiger partial charge is 0.469 e. The van der Waals surface area contributed by atoms with Crippen LogP contribution < -0.4 is 0 Å². The van der Waals surface area contributed by atoms with E-state index in [9.17, 15) is 18.0 Å². The molecule has 0 saturated carbocycles. The number of carbonyl (C=O) groups is 1. The van der Waals surface area contributed by atoms with Gasteiger partial charge in [0.05, 0.1) is 24.7 Å². The van der Waals surface area contributed by atoms with Gasteiger partial charge in [-0.2, -0.15) is 18.4 Å². The molecule has 18 heavy (non-hydrogen) atoms. The Bertz CT molecular complexity index is 520. The van der Waals surface area contributed by atoms with Crippen molar-refractivity contribution in [1.29, 1.82) is 5.26 Å². The fourth-order valence-corrected chi connectivity index (χ4v) is 1.96. The zero-order valence-corrected chi connectivity index (χ0v) is 10.7. The molecule has 0 aliphatic heterocycles. The molecule has 0 bridgehead atoms. The van der Waals surface area contributed by atoms with Crippen molar-refractivity contribution in [2.45, 2.75) is 12.6 Å². The van der Waals surface area contributed by atoms with Crippen LogP contribution in [-0.2, 0) is 22.1 Å². The summed E-state index contributed by atoms with van der Waals surface area (Å²) >= 11 is 2.75. The molecule has 0 heterocycles. The van der Waals surface area contributed by atoms with Crippen molar-refractivity contribution in [3.63, 3.8) is 0 Å². The van der Waals surface area contributed by atoms with Gasteiger partial charge in [0, 0.05) is 4.47 Å². The van der Waals surface area contributed by atoms with Crippen LogP contribution in [0.3, 0.4) is 0 Å². The summed E-state index contributed by atoms with van der Waals surface area (Å²) in [6.07, 6.45) is -5.05. The summed E-state index contributed by atoms with van der Waals surface area (Å²) in [5.41, 5.74) is -1.66. The number of nitrogens with zero attached hydrogens (tertiary/aromatic N) is 1. The third-order valence-electron chi connectivity index (χ3n) is 2.20. The molecular formula is C11H7BrF3NO2. The molecule has 0 saturated heterocycles. The molecule has 0 amide bonds. The fourth-order valence-electron chi connectivity index (χ4n) is 1.40. The summed E-state index contributed by atoms with van der Waals surface area (Å²) in [4.78, 5) is 11.1. The van der Waals surface area contributed by atoms with E-state index in [0.29, 0.717) is 0 Å². The number of methoxy groups -OCH3 is 1. The highest BCUT2D eigenvalue weighted by molar-refractivity contribution is 9.10. The number of benzene rings is 1. The maximum atomic E-state index is 12.8. The molecule has 1 aromatic rings. The minimum absolute atomic E-state index is 0.0140. The normalized spacial score (nSPS) is 10.9. The zero-order chi connectivity index (χ0) is 13.9. The van der Waals surface area contributed by atoms with Crippen molar-refractivity contribution >= 4 is 21.9 Å². The first-order valence-corrected chi connectivity index (χ1v) is 5.46. The quantitative estimate of drug-likeness (QED) is 0.787. The lowest BCUT2D eigenvalue weighted by Gasteiger charge is -2.13. The van der Waals surface area contributed by atoms with Gasteiger partial charge in [-0.25, -0.2) is 0 Å². The van der Waals surface area contributed by atoms with Crippen molar-refractivity contribution in [2.24, 2.45) is 0 Å². The van der Waals surface area contributed by atoms with Gasteiger partial charge in [-0.1, -0.05) is 22.0 Å². The molecule has 0 unspecified atom stereocenters. The predicted octanol–water partition coefficient (Wildman–Crippen LogP) is 3.06. The molecule has 0 spiro atoms. The number of carbonyl (C=O) groups excluding carboxylic acids is 1. The maximum Gasteiger partial charge on any atom is 0.418 e. The molecule has 1 rings (SSSR count). The topological polar surface area (TPSA) is 50.1 Å². The SMILES string of the molecule is COC(=O)Cc1ccc(Br)c(C(F)(F)F)c1C#N. The van der Waals surface area contributed by atoms with E-state index in [2.05, 4.69) is 20.7 Å². The summed E-state index contributed by atoms with van der Waals surface area (Å²) in [6, 6.07) is 3.92. The van der Waals surface area contributed by atoms with Crippen molar-refractivity contribution in [3.8, 4) is 6.07 Å². The lowest BCUT2D eigenvalue weighted by molar-refractivity contribution is -0.141. The van der Waals surface area contributed by atoms with Gasteiger partial charge in [-0.15, -0.1) is 0 Å². The molecule has 3 nitrogen and oxygen atoms in total. The first-order valence-electron chi connectivity index (χ1n) is 4.66. The van der Waals surface area contributed by atoms with E-state index in [1.165, 1.54) is 12.1 Å². The van der Waals surface area contributed by atoms with Gasteiger partial charge in [0.1, 0.15) is 6.07 Å². The Morgan fingerprint density at radius 1 is 1.50 bits per heavy atom. The first kappa shape index (κ1) is 14.5. The first-order chi connectivity index (χ1) is 8.31. The molecule has 0 N–H and O–H groups in total. The summed E-state index contributed by atoms with van der Waals surface area (Å²) in [7, 11) is 1.12. The van der Waals surface area contributed by atoms with Crippen LogP contribution in [0.25, 0.3) is 0 Å². The molecule has 0 aromatic heterocycles. The number of alkyl halides is 3. The summed E-state index contributed by atoms with van der Waals surface area (Å²) in [5, 5.41) is 8.85. The summed E-state index contributed by atoms with van der Waals surface area (Å²) < 4.78 is 42.5. The van der Waals surface area contributed by atoms with Crippen molar-refractivity contribution < 1.29 is 22.7 Å². The summed E-state index contributed by atoms with van der Waals surface area (Å²) in [6.45, 7) is 0. The average Bonchev–Trinajstić information content (AvgIpc) is 2.29. The lowest BCUT2D eigenvalue weighted by Crippen LogP contribution is -2.13. The third kappa shape index (κ3) is 3.01. The number of rotatable bonds is 2. The summed E-state index contributed by atoms with van der Waals surface area (Å²) in [5.74, 6) is -0.707. The second-order valence-corrected chi connectivity index (χ2v) is 4.17. The number of ether oxygens (including phenoxy) is 1. The predicted molar refractivity (Wildman–Crippen MR) is 59.6 cm³/mol. The fraction of sp³-hybridized carbons (Fsp3) is 0.273. The number of hydrogen-bond donors (Lipinski definition) is 0. The highest BCUT2D eigenvalue weighted by Gasteiger charge is 2.37. The lowest BCUT2D eigenvalue weighted by atomic mass is 9.99. The van der Waals surface area contributed by atoms with Crippen molar-refractivity contribution in [3.05, 3.63) is 33.3 Å². The highest BCUT2D eigenvalue weighted by Crippen LogP contribution is 2.38. The van der Waals surface area contributed by atoms with E-state index in [0.717, 1.165) is 13.2 Å². The van der Waals surface area contributed by atoms with Gasteiger partial charge in [0.15, 0.2) is 0 Å². The van der Waals surface area contributed by atoms with Crippen LogP contribution in [0.2, 0.25) is 0 Å². The van der Waals surface area contributed by atoms with Gasteiger partial charge in [0.2, 0.25) is 0 Å². The monoisotopic (exact) mass is 321 g/mol. The zero-order valence-electron chi connectivity index (χ0n) is 9.14. The van der Waals surface area contributed by atoms with Gasteiger partial charge in [-0.05, 0) is 11.6 Å². The van der Waals surface area contributed by atoms with Crippen LogP contribution in [-0.4, -0.2) is 13.1 Å². The van der Waals surface area contributed by atoms with Gasteiger partial charge in [-0.3, -0.25) is 4.79 Å². The second kappa shape index (κ2) is 5.40. The van der Waals surface area contributed by atoms with Crippen molar-refractivity contribution in [1.82, 2.24) is 0 Å². The molecule has 7 heteroatoms. The molecular weight excluding hydrogens is 315 g/mol. The molecule has 0 fully saturated rings. The average molecular weight is 322 g/mol. The van der Waals surface area contributed by atoms with E-state index in [1.54, 1.807) is 0 Å². The maximum absolute atomic E-state index is 12.8. The standard InChI is InChI=1S/C11H7BrF3NO2/c1-18-9(17)4-6-2-3-8(12)10(7(6)5-16)11(13,14)15/h2-3H,4H2,1H3. The number of halogens is 4. The van der Waals surface area contributed by atoms with Crippen LogP contribution in [0, 0.1) is 11.3 Å². The molecule has 0 aliphatic rings. The number of hydrogen-bond acceptors (Lipinski definition) is 3. The van der Waals surface area contributed by atoms with E-state index in [-0.39, 0.29) is 16.5 Å². The molecule has 0 aliphatic carbocycles. The van der Waals surface area contributed by atoms with Gasteiger partial charge in [0.25, 0.3) is 0 Å². The Morgan fingerprint density at radius 2 is 2.11 bits per heavy atom. The smallest absolute Gasteiger partial charge is 0.418 e. The van der Waals surface area contributed by atoms with Crippen LogP contribution in [0.15, 0.2) is 16.6 Å².